The number of alkyl halides is 3. The number of benzene rings is 3. The van der Waals surface area contributed by atoms with Crippen molar-refractivity contribution in [3.8, 4) is 22.5 Å². The number of H-pyrrole nitrogens is 1. The minimum absolute atomic E-state index is 0.249. The molecule has 0 aliphatic heterocycles. The van der Waals surface area contributed by atoms with Crippen LogP contribution in [0.4, 0.5) is 18.9 Å². The number of halogens is 3. The van der Waals surface area contributed by atoms with Gasteiger partial charge in [0.25, 0.3) is 5.91 Å². The van der Waals surface area contributed by atoms with Crippen LogP contribution in [-0.2, 0) is 6.18 Å². The van der Waals surface area contributed by atoms with E-state index in [0.717, 1.165) is 28.8 Å². The van der Waals surface area contributed by atoms with Crippen molar-refractivity contribution in [1.82, 2.24) is 15.0 Å². The first-order valence-electron chi connectivity index (χ1n) is 10.4. The van der Waals surface area contributed by atoms with Gasteiger partial charge in [0.2, 0.25) is 0 Å². The molecule has 5 aromatic rings. The van der Waals surface area contributed by atoms with Gasteiger partial charge in [-0.3, -0.25) is 9.78 Å². The molecular formula is C26H17F3N4O. The molecule has 2 aromatic heterocycles. The van der Waals surface area contributed by atoms with Crippen LogP contribution in [0.3, 0.4) is 0 Å². The van der Waals surface area contributed by atoms with E-state index in [1.165, 1.54) is 12.3 Å². The maximum Gasteiger partial charge on any atom is 0.416 e. The number of aromatic nitrogens is 3. The number of hydrogen-bond donors (Lipinski definition) is 2. The van der Waals surface area contributed by atoms with Crippen LogP contribution in [0.15, 0.2) is 91.3 Å². The number of aromatic amines is 1. The zero-order valence-corrected chi connectivity index (χ0v) is 17.6. The molecule has 0 fully saturated rings. The number of fused-ring (bicyclic) bond motifs is 1. The number of amides is 1. The van der Waals surface area contributed by atoms with Crippen molar-refractivity contribution < 1.29 is 18.0 Å². The van der Waals surface area contributed by atoms with Gasteiger partial charge in [-0.05, 0) is 59.7 Å². The molecule has 168 valence electrons. The van der Waals surface area contributed by atoms with Crippen LogP contribution in [0.2, 0.25) is 0 Å². The highest BCUT2D eigenvalue weighted by Crippen LogP contribution is 2.32. The molecule has 0 saturated carbocycles. The van der Waals surface area contributed by atoms with Crippen LogP contribution in [0.5, 0.6) is 0 Å². The summed E-state index contributed by atoms with van der Waals surface area (Å²) in [4.78, 5) is 23.7. The monoisotopic (exact) mass is 458 g/mol. The van der Waals surface area contributed by atoms with Gasteiger partial charge < -0.3 is 10.3 Å². The fraction of sp³-hybridized carbons (Fsp3) is 0.0385. The van der Waals surface area contributed by atoms with Crippen molar-refractivity contribution in [1.29, 1.82) is 0 Å². The lowest BCUT2D eigenvalue weighted by Crippen LogP contribution is -2.11. The Labute approximate surface area is 192 Å². The number of nitrogens with one attached hydrogen (secondary N) is 2. The molecule has 0 bridgehead atoms. The zero-order chi connectivity index (χ0) is 23.7. The average Bonchev–Trinajstić information content (AvgIpc) is 3.28. The standard InChI is InChI=1S/C26H17F3N4O/c27-26(28,29)20-8-11-22-23(14-20)33-24(32-22)18-4-1-3-17(13-18)16-6-9-21(10-7-16)31-25(34)19-5-2-12-30-15-19/h1-15H,(H,31,34)(H,32,33). The highest BCUT2D eigenvalue weighted by molar-refractivity contribution is 6.04. The normalized spacial score (nSPS) is 11.5. The fourth-order valence-corrected chi connectivity index (χ4v) is 3.62. The van der Waals surface area contributed by atoms with Gasteiger partial charge in [0, 0.05) is 23.6 Å². The van der Waals surface area contributed by atoms with Gasteiger partial charge in [-0.15, -0.1) is 0 Å². The van der Waals surface area contributed by atoms with E-state index < -0.39 is 11.7 Å². The van der Waals surface area contributed by atoms with Crippen molar-refractivity contribution >= 4 is 22.6 Å². The number of imidazole rings is 1. The van der Waals surface area contributed by atoms with E-state index in [2.05, 4.69) is 20.3 Å². The molecule has 0 saturated heterocycles. The maximum atomic E-state index is 13.0. The smallest absolute Gasteiger partial charge is 0.338 e. The van der Waals surface area contributed by atoms with Crippen molar-refractivity contribution in [3.05, 3.63) is 102 Å². The summed E-state index contributed by atoms with van der Waals surface area (Å²) in [6, 6.07) is 21.7. The predicted octanol–water partition coefficient (Wildman–Crippen LogP) is 6.56. The molecule has 0 radical (unpaired) electrons. The van der Waals surface area contributed by atoms with Crippen LogP contribution in [0.25, 0.3) is 33.5 Å². The Hall–Kier alpha value is -4.46. The minimum Gasteiger partial charge on any atom is -0.338 e. The molecule has 5 nitrogen and oxygen atoms in total. The second-order valence-electron chi connectivity index (χ2n) is 7.67. The highest BCUT2D eigenvalue weighted by Gasteiger charge is 2.30. The summed E-state index contributed by atoms with van der Waals surface area (Å²) in [5.74, 6) is 0.234. The molecule has 0 unspecified atom stereocenters. The van der Waals surface area contributed by atoms with E-state index >= 15 is 0 Å². The summed E-state index contributed by atoms with van der Waals surface area (Å²) in [7, 11) is 0. The molecule has 1 amide bonds. The van der Waals surface area contributed by atoms with Gasteiger partial charge in [0.05, 0.1) is 22.2 Å². The van der Waals surface area contributed by atoms with E-state index in [4.69, 9.17) is 0 Å². The highest BCUT2D eigenvalue weighted by atomic mass is 19.4. The molecule has 2 N–H and O–H groups in total. The SMILES string of the molecule is O=C(Nc1ccc(-c2cccc(-c3nc4ccc(C(F)(F)F)cc4[nH]3)c2)cc1)c1cccnc1. The summed E-state index contributed by atoms with van der Waals surface area (Å²) < 4.78 is 39.0. The lowest BCUT2D eigenvalue weighted by atomic mass is 10.0. The van der Waals surface area contributed by atoms with Crippen molar-refractivity contribution in [3.63, 3.8) is 0 Å². The third kappa shape index (κ3) is 4.38. The van der Waals surface area contributed by atoms with E-state index in [9.17, 15) is 18.0 Å². The van der Waals surface area contributed by atoms with Crippen molar-refractivity contribution in [2.24, 2.45) is 0 Å². The molecule has 0 atom stereocenters. The summed E-state index contributed by atoms with van der Waals surface area (Å²) in [5.41, 5.74) is 3.73. The lowest BCUT2D eigenvalue weighted by Gasteiger charge is -2.08. The molecule has 0 aliphatic rings. The van der Waals surface area contributed by atoms with Crippen LogP contribution in [0.1, 0.15) is 15.9 Å². The number of carbonyl (C=O) groups excluding carboxylic acids is 1. The molecular weight excluding hydrogens is 441 g/mol. The quantitative estimate of drug-likeness (QED) is 0.320. The molecule has 0 spiro atoms. The summed E-state index contributed by atoms with van der Waals surface area (Å²) >= 11 is 0. The van der Waals surface area contributed by atoms with Gasteiger partial charge in [0.15, 0.2) is 0 Å². The second kappa shape index (κ2) is 8.47. The number of nitrogens with zero attached hydrogens (tertiary/aromatic N) is 2. The Bertz CT molecular complexity index is 1480. The molecule has 3 aromatic carbocycles. The second-order valence-corrected chi connectivity index (χ2v) is 7.67. The van der Waals surface area contributed by atoms with Crippen molar-refractivity contribution in [2.45, 2.75) is 6.18 Å². The minimum atomic E-state index is -4.41. The Kier molecular flexibility index (Phi) is 5.33. The summed E-state index contributed by atoms with van der Waals surface area (Å²) in [6.45, 7) is 0. The summed E-state index contributed by atoms with van der Waals surface area (Å²) in [6.07, 6.45) is -1.31. The molecule has 0 aliphatic carbocycles. The Balaban J connectivity index is 1.38. The Morgan fingerprint density at radius 1 is 0.853 bits per heavy atom. The van der Waals surface area contributed by atoms with Crippen LogP contribution < -0.4 is 5.32 Å². The maximum absolute atomic E-state index is 13.0. The van der Waals surface area contributed by atoms with Crippen LogP contribution in [0, 0.1) is 0 Å². The third-order valence-corrected chi connectivity index (χ3v) is 5.35. The van der Waals surface area contributed by atoms with E-state index in [-0.39, 0.29) is 5.91 Å². The first kappa shape index (κ1) is 21.4. The molecule has 8 heteroatoms. The first-order valence-corrected chi connectivity index (χ1v) is 10.4. The van der Waals surface area contributed by atoms with Crippen LogP contribution >= 0.6 is 0 Å². The molecule has 34 heavy (non-hydrogen) atoms. The Morgan fingerprint density at radius 3 is 2.38 bits per heavy atom. The predicted molar refractivity (Wildman–Crippen MR) is 124 cm³/mol. The zero-order valence-electron chi connectivity index (χ0n) is 17.6. The Morgan fingerprint density at radius 2 is 1.65 bits per heavy atom. The van der Waals surface area contributed by atoms with Gasteiger partial charge in [-0.2, -0.15) is 13.2 Å². The third-order valence-electron chi connectivity index (χ3n) is 5.35. The molecule has 5 rings (SSSR count). The fourth-order valence-electron chi connectivity index (χ4n) is 3.62. The number of pyridine rings is 1. The van der Waals surface area contributed by atoms with Gasteiger partial charge in [-0.1, -0.05) is 30.3 Å². The van der Waals surface area contributed by atoms with Gasteiger partial charge in [-0.25, -0.2) is 4.98 Å². The first-order chi connectivity index (χ1) is 16.4. The average molecular weight is 458 g/mol. The number of rotatable bonds is 4. The van der Waals surface area contributed by atoms with Crippen molar-refractivity contribution in [2.75, 3.05) is 5.32 Å². The summed E-state index contributed by atoms with van der Waals surface area (Å²) in [5, 5.41) is 2.83. The molecule has 2 heterocycles. The van der Waals surface area contributed by atoms with E-state index in [1.54, 1.807) is 30.5 Å². The van der Waals surface area contributed by atoms with E-state index in [0.29, 0.717) is 28.1 Å². The van der Waals surface area contributed by atoms with Gasteiger partial charge >= 0.3 is 6.18 Å². The van der Waals surface area contributed by atoms with E-state index in [1.807, 2.05) is 36.4 Å². The number of hydrogen-bond acceptors (Lipinski definition) is 3. The lowest BCUT2D eigenvalue weighted by molar-refractivity contribution is -0.137. The number of carbonyl (C=O) groups is 1. The topological polar surface area (TPSA) is 70.7 Å². The number of anilines is 1. The van der Waals surface area contributed by atoms with Crippen LogP contribution in [-0.4, -0.2) is 20.9 Å². The largest absolute Gasteiger partial charge is 0.416 e. The van der Waals surface area contributed by atoms with Gasteiger partial charge in [0.1, 0.15) is 5.82 Å².